The smallest absolute Gasteiger partial charge is 0.406 e. The Balaban J connectivity index is 0.00000193. The molecule has 3 nitrogen and oxygen atoms in total. The van der Waals surface area contributed by atoms with Crippen LogP contribution >= 0.6 is 24.8 Å². The van der Waals surface area contributed by atoms with Gasteiger partial charge in [0.15, 0.2) is 0 Å². The van der Waals surface area contributed by atoms with Gasteiger partial charge in [0.2, 0.25) is 0 Å². The number of hydrogen-bond donors (Lipinski definition) is 0. The maximum atomic E-state index is 14.9. The highest BCUT2D eigenvalue weighted by Crippen LogP contribution is 2.30. The maximum Gasteiger partial charge on any atom is 0.573 e. The fourth-order valence-corrected chi connectivity index (χ4v) is 3.48. The fraction of sp³-hybridized carbons (Fsp3) is 0.167. The van der Waals surface area contributed by atoms with Gasteiger partial charge in [0.25, 0.3) is 0 Å². The molecule has 0 radical (unpaired) electrons. The molecule has 4 rings (SSSR count). The lowest BCUT2D eigenvalue weighted by atomic mass is 9.94. The number of aliphatic imine (C=N–C) groups is 1. The van der Waals surface area contributed by atoms with Gasteiger partial charge >= 0.3 is 6.36 Å². The van der Waals surface area contributed by atoms with Gasteiger partial charge in [-0.25, -0.2) is 4.39 Å². The molecule has 1 aliphatic heterocycles. The molecule has 0 spiro atoms. The molecule has 1 aliphatic rings. The second kappa shape index (κ2) is 11.3. The van der Waals surface area contributed by atoms with Crippen LogP contribution in [0, 0.1) is 5.82 Å². The number of aromatic nitrogens is 1. The zero-order valence-electron chi connectivity index (χ0n) is 17.2. The molecule has 0 saturated carbocycles. The van der Waals surface area contributed by atoms with Crippen LogP contribution in [0.25, 0.3) is 17.2 Å². The van der Waals surface area contributed by atoms with Crippen molar-refractivity contribution in [2.24, 2.45) is 4.99 Å². The first kappa shape index (κ1) is 26.4. The van der Waals surface area contributed by atoms with Crippen molar-refractivity contribution in [2.45, 2.75) is 19.2 Å². The average molecular weight is 499 g/mol. The number of hydrogen-bond acceptors (Lipinski definition) is 3. The Morgan fingerprint density at radius 3 is 2.36 bits per heavy atom. The van der Waals surface area contributed by atoms with Crippen LogP contribution in [0.3, 0.4) is 0 Å². The van der Waals surface area contributed by atoms with Crippen LogP contribution in [-0.4, -0.2) is 23.6 Å². The summed E-state index contributed by atoms with van der Waals surface area (Å²) >= 11 is 0. The summed E-state index contributed by atoms with van der Waals surface area (Å²) in [5.41, 5.74) is 3.88. The van der Waals surface area contributed by atoms with E-state index in [0.717, 1.165) is 29.7 Å². The van der Waals surface area contributed by atoms with Crippen LogP contribution < -0.4 is 4.74 Å². The van der Waals surface area contributed by atoms with Gasteiger partial charge in [-0.15, -0.1) is 38.0 Å². The van der Waals surface area contributed by atoms with Crippen LogP contribution in [0.5, 0.6) is 5.75 Å². The quantitative estimate of drug-likeness (QED) is 0.353. The van der Waals surface area contributed by atoms with E-state index < -0.39 is 12.2 Å². The van der Waals surface area contributed by atoms with Gasteiger partial charge in [0.05, 0.1) is 5.71 Å². The van der Waals surface area contributed by atoms with Crippen LogP contribution in [0.1, 0.15) is 24.0 Å². The van der Waals surface area contributed by atoms with Crippen LogP contribution in [0.2, 0.25) is 0 Å². The molecule has 0 N–H and O–H groups in total. The van der Waals surface area contributed by atoms with Crippen molar-refractivity contribution >= 4 is 36.6 Å². The minimum atomic E-state index is -4.78. The van der Waals surface area contributed by atoms with E-state index in [4.69, 9.17) is 0 Å². The van der Waals surface area contributed by atoms with Gasteiger partial charge in [-0.3, -0.25) is 9.98 Å². The highest BCUT2D eigenvalue weighted by Gasteiger charge is 2.31. The third-order valence-electron chi connectivity index (χ3n) is 4.84. The lowest BCUT2D eigenvalue weighted by Crippen LogP contribution is -2.17. The summed E-state index contributed by atoms with van der Waals surface area (Å²) in [5, 5.41) is 0. The second-order valence-electron chi connectivity index (χ2n) is 7.06. The number of benzene rings is 2. The first-order valence-electron chi connectivity index (χ1n) is 9.70. The van der Waals surface area contributed by atoms with E-state index >= 15 is 0 Å². The number of alkyl halides is 3. The van der Waals surface area contributed by atoms with Gasteiger partial charge < -0.3 is 4.74 Å². The number of halogens is 6. The van der Waals surface area contributed by atoms with E-state index in [1.807, 2.05) is 12.1 Å². The fourth-order valence-electron chi connectivity index (χ4n) is 3.48. The van der Waals surface area contributed by atoms with Crippen molar-refractivity contribution in [2.75, 3.05) is 6.54 Å². The van der Waals surface area contributed by atoms with Gasteiger partial charge in [0.1, 0.15) is 11.6 Å². The molecule has 33 heavy (non-hydrogen) atoms. The highest BCUT2D eigenvalue weighted by atomic mass is 35.5. The second-order valence-corrected chi connectivity index (χ2v) is 7.06. The lowest BCUT2D eigenvalue weighted by molar-refractivity contribution is -0.274. The number of allylic oxidation sites excluding steroid dienone is 1. The number of pyridine rings is 1. The van der Waals surface area contributed by atoms with E-state index in [2.05, 4.69) is 14.7 Å². The van der Waals surface area contributed by atoms with E-state index in [1.165, 1.54) is 24.3 Å². The molecule has 1 aromatic heterocycles. The lowest BCUT2D eigenvalue weighted by Gasteiger charge is -2.16. The van der Waals surface area contributed by atoms with Crippen molar-refractivity contribution < 1.29 is 22.3 Å². The monoisotopic (exact) mass is 498 g/mol. The van der Waals surface area contributed by atoms with E-state index in [0.29, 0.717) is 23.2 Å². The molecule has 174 valence electrons. The molecule has 2 heterocycles. The Hall–Kier alpha value is -2.90. The van der Waals surface area contributed by atoms with E-state index in [1.54, 1.807) is 36.7 Å². The predicted octanol–water partition coefficient (Wildman–Crippen LogP) is 7.30. The largest absolute Gasteiger partial charge is 0.573 e. The predicted molar refractivity (Wildman–Crippen MR) is 126 cm³/mol. The van der Waals surface area contributed by atoms with Crippen molar-refractivity contribution in [3.8, 4) is 16.9 Å². The Morgan fingerprint density at radius 1 is 0.909 bits per heavy atom. The first-order valence-corrected chi connectivity index (χ1v) is 9.70. The summed E-state index contributed by atoms with van der Waals surface area (Å²) in [4.78, 5) is 8.72. The molecule has 2 aromatic carbocycles. The molecule has 0 saturated heterocycles. The minimum Gasteiger partial charge on any atom is -0.406 e. The van der Waals surface area contributed by atoms with Gasteiger partial charge in [-0.05, 0) is 65.9 Å². The Kier molecular flexibility index (Phi) is 9.02. The molecule has 0 aliphatic carbocycles. The van der Waals surface area contributed by atoms with Gasteiger partial charge in [-0.2, -0.15) is 0 Å². The molecule has 3 aromatic rings. The molecular weight excluding hydrogens is 479 g/mol. The topological polar surface area (TPSA) is 34.5 Å². The Bertz CT molecular complexity index is 1150. The number of ether oxygens (including phenoxy) is 1. The highest BCUT2D eigenvalue weighted by molar-refractivity contribution is 6.15. The third-order valence-corrected chi connectivity index (χ3v) is 4.84. The minimum absolute atomic E-state index is 0. The van der Waals surface area contributed by atoms with Crippen molar-refractivity contribution in [3.63, 3.8) is 0 Å². The Labute approximate surface area is 201 Å². The van der Waals surface area contributed by atoms with E-state index in [9.17, 15) is 17.6 Å². The molecule has 0 amide bonds. The van der Waals surface area contributed by atoms with E-state index in [-0.39, 0.29) is 30.6 Å². The van der Waals surface area contributed by atoms with Crippen LogP contribution in [0.15, 0.2) is 77.6 Å². The van der Waals surface area contributed by atoms with Crippen LogP contribution in [0.4, 0.5) is 17.6 Å². The third kappa shape index (κ3) is 6.79. The SMILES string of the molecule is Cl.Cl.Fc1cc(-c2cccc(OC(F)(F)F)c2)ccc1C=C1CCCN=C1c1cccnc1. The molecule has 0 bridgehead atoms. The molecular formula is C24H20Cl2F4N2O. The standard InChI is InChI=1S/C24H18F4N2O.2ClH/c25-22-14-17(16-4-1-7-21(13-16)31-24(26,27)28)8-9-18(22)12-19-5-3-11-30-23(19)20-6-2-10-29-15-20;;/h1-2,4,6-10,12-15H,3,5,11H2;2*1H. The summed E-state index contributed by atoms with van der Waals surface area (Å²) in [5.74, 6) is -0.820. The molecule has 0 fully saturated rings. The number of rotatable bonds is 4. The van der Waals surface area contributed by atoms with Gasteiger partial charge in [0, 0.05) is 30.1 Å². The summed E-state index contributed by atoms with van der Waals surface area (Å²) in [6, 6.07) is 13.8. The van der Waals surface area contributed by atoms with Crippen molar-refractivity contribution in [1.29, 1.82) is 0 Å². The summed E-state index contributed by atoms with van der Waals surface area (Å²) in [6.45, 7) is 0.708. The van der Waals surface area contributed by atoms with Crippen molar-refractivity contribution in [3.05, 3.63) is 89.5 Å². The summed E-state index contributed by atoms with van der Waals surface area (Å²) in [7, 11) is 0. The Morgan fingerprint density at radius 2 is 1.67 bits per heavy atom. The summed E-state index contributed by atoms with van der Waals surface area (Å²) in [6.07, 6.45) is 2.05. The normalized spacial score (nSPS) is 14.7. The van der Waals surface area contributed by atoms with Crippen LogP contribution in [-0.2, 0) is 0 Å². The zero-order chi connectivity index (χ0) is 21.8. The first-order chi connectivity index (χ1) is 14.9. The molecule has 0 unspecified atom stereocenters. The molecule has 0 atom stereocenters. The zero-order valence-corrected chi connectivity index (χ0v) is 18.8. The van der Waals surface area contributed by atoms with Crippen molar-refractivity contribution in [1.82, 2.24) is 4.98 Å². The average Bonchev–Trinajstić information content (AvgIpc) is 2.75. The van der Waals surface area contributed by atoms with Gasteiger partial charge in [-0.1, -0.05) is 24.3 Å². The maximum absolute atomic E-state index is 14.9. The summed E-state index contributed by atoms with van der Waals surface area (Å²) < 4.78 is 56.2. The number of nitrogens with zero attached hydrogens (tertiary/aromatic N) is 2. The molecule has 9 heteroatoms.